The van der Waals surface area contributed by atoms with Crippen LogP contribution in [-0.2, 0) is 24.6 Å². The van der Waals surface area contributed by atoms with Gasteiger partial charge in [-0.05, 0) is 95.3 Å². The molecule has 0 bridgehead atoms. The van der Waals surface area contributed by atoms with Crippen molar-refractivity contribution < 1.29 is 28.7 Å². The standard InChI is InChI=1S/C44H33ClFN3O5/c1-2-24-7-18-30(19-8-24)48-40(51)33-21-20-32-34(37(33)42(48)53)23-35-41(52)49(47-29-16-14-28(46)15-17-29)43(54)44(35,26-10-12-27(45)13-11-26)39(32)38-31-6-4-3-5-25(31)9-22-36(38)50/h2-20,22,33-35,37,39,47,50H,1,21,23H2/t33-,34+,35-,37-,39+,44+/m0/s1. The summed E-state index contributed by atoms with van der Waals surface area (Å²) in [6.07, 6.45) is 3.94. The molecule has 9 rings (SSSR count). The van der Waals surface area contributed by atoms with Crippen LogP contribution >= 0.6 is 11.6 Å². The number of hydrogen-bond acceptors (Lipinski definition) is 6. The quantitative estimate of drug-likeness (QED) is 0.135. The van der Waals surface area contributed by atoms with E-state index in [0.29, 0.717) is 38.5 Å². The lowest BCUT2D eigenvalue weighted by Crippen LogP contribution is -2.53. The molecule has 2 aliphatic heterocycles. The number of carbonyl (C=O) groups is 4. The third kappa shape index (κ3) is 4.81. The van der Waals surface area contributed by atoms with E-state index in [1.165, 1.54) is 29.2 Å². The Hall–Kier alpha value is -6.06. The van der Waals surface area contributed by atoms with Gasteiger partial charge in [0.15, 0.2) is 0 Å². The van der Waals surface area contributed by atoms with Crippen LogP contribution in [0.1, 0.15) is 35.4 Å². The number of amides is 4. The van der Waals surface area contributed by atoms with Crippen LogP contribution in [0.25, 0.3) is 16.8 Å². The van der Waals surface area contributed by atoms with Crippen molar-refractivity contribution >= 4 is 63.5 Å². The second-order valence-electron chi connectivity index (χ2n) is 14.4. The minimum absolute atomic E-state index is 0.0718. The van der Waals surface area contributed by atoms with Gasteiger partial charge in [0.2, 0.25) is 11.8 Å². The first-order valence-electron chi connectivity index (χ1n) is 17.8. The highest BCUT2D eigenvalue weighted by Crippen LogP contribution is 2.65. The predicted octanol–water partition coefficient (Wildman–Crippen LogP) is 8.17. The lowest BCUT2D eigenvalue weighted by molar-refractivity contribution is -0.138. The molecule has 4 amide bonds. The van der Waals surface area contributed by atoms with Crippen molar-refractivity contribution in [3.63, 3.8) is 0 Å². The van der Waals surface area contributed by atoms with Gasteiger partial charge >= 0.3 is 0 Å². The van der Waals surface area contributed by atoms with E-state index in [1.807, 2.05) is 30.3 Å². The zero-order valence-corrected chi connectivity index (χ0v) is 29.5. The van der Waals surface area contributed by atoms with Crippen LogP contribution in [0.15, 0.2) is 127 Å². The van der Waals surface area contributed by atoms with Gasteiger partial charge in [-0.2, -0.15) is 5.01 Å². The number of hydrazine groups is 1. The van der Waals surface area contributed by atoms with Gasteiger partial charge in [-0.15, -0.1) is 0 Å². The number of halogens is 2. The van der Waals surface area contributed by atoms with Gasteiger partial charge in [0.25, 0.3) is 11.8 Å². The van der Waals surface area contributed by atoms with E-state index in [4.69, 9.17) is 11.6 Å². The van der Waals surface area contributed by atoms with Crippen LogP contribution in [0.4, 0.5) is 15.8 Å². The van der Waals surface area contributed by atoms with Gasteiger partial charge in [-0.1, -0.05) is 90.5 Å². The molecular weight excluding hydrogens is 705 g/mol. The Morgan fingerprint density at radius 2 is 1.56 bits per heavy atom. The molecule has 2 N–H and O–H groups in total. The molecule has 268 valence electrons. The number of phenols is 1. The second-order valence-corrected chi connectivity index (χ2v) is 14.8. The van der Waals surface area contributed by atoms with E-state index in [2.05, 4.69) is 12.0 Å². The normalized spacial score (nSPS) is 26.0. The van der Waals surface area contributed by atoms with E-state index < -0.39 is 52.6 Å². The van der Waals surface area contributed by atoms with Crippen LogP contribution in [0.3, 0.4) is 0 Å². The molecule has 8 nitrogen and oxygen atoms in total. The van der Waals surface area contributed by atoms with Gasteiger partial charge < -0.3 is 5.11 Å². The van der Waals surface area contributed by atoms with E-state index >= 15 is 4.79 Å². The molecule has 0 unspecified atom stereocenters. The predicted molar refractivity (Wildman–Crippen MR) is 204 cm³/mol. The van der Waals surface area contributed by atoms with E-state index in [0.717, 1.165) is 16.0 Å². The number of benzene rings is 5. The van der Waals surface area contributed by atoms with Crippen molar-refractivity contribution in [3.05, 3.63) is 155 Å². The topological polar surface area (TPSA) is 107 Å². The molecule has 1 saturated carbocycles. The molecule has 0 aromatic heterocycles. The Labute approximate surface area is 315 Å². The van der Waals surface area contributed by atoms with Gasteiger partial charge in [0.1, 0.15) is 11.6 Å². The highest BCUT2D eigenvalue weighted by molar-refractivity contribution is 6.30. The molecule has 5 aromatic rings. The zero-order chi connectivity index (χ0) is 37.5. The molecule has 54 heavy (non-hydrogen) atoms. The fourth-order valence-corrected chi connectivity index (χ4v) is 9.70. The average molecular weight is 738 g/mol. The van der Waals surface area contributed by atoms with Crippen molar-refractivity contribution in [1.82, 2.24) is 5.01 Å². The number of aromatic hydroxyl groups is 1. The first kappa shape index (κ1) is 33.8. The lowest BCUT2D eigenvalue weighted by Gasteiger charge is -2.51. The first-order chi connectivity index (χ1) is 26.1. The van der Waals surface area contributed by atoms with Gasteiger partial charge in [-0.3, -0.25) is 29.5 Å². The van der Waals surface area contributed by atoms with Crippen LogP contribution in [-0.4, -0.2) is 33.7 Å². The molecule has 0 radical (unpaired) electrons. The number of allylic oxidation sites excluding steroid dienone is 2. The number of phenolic OH excluding ortho intramolecular Hbond substituents is 1. The summed E-state index contributed by atoms with van der Waals surface area (Å²) in [6.45, 7) is 3.80. The van der Waals surface area contributed by atoms with Crippen molar-refractivity contribution in [1.29, 1.82) is 0 Å². The van der Waals surface area contributed by atoms with Crippen LogP contribution in [0, 0.1) is 29.5 Å². The molecule has 2 saturated heterocycles. The third-order valence-electron chi connectivity index (χ3n) is 11.9. The molecule has 2 heterocycles. The lowest BCUT2D eigenvalue weighted by atomic mass is 9.48. The first-order valence-corrected chi connectivity index (χ1v) is 18.2. The summed E-state index contributed by atoms with van der Waals surface area (Å²) in [7, 11) is 0. The molecule has 2 aliphatic carbocycles. The molecule has 3 fully saturated rings. The fourth-order valence-electron chi connectivity index (χ4n) is 9.57. The van der Waals surface area contributed by atoms with E-state index in [1.54, 1.807) is 66.7 Å². The van der Waals surface area contributed by atoms with E-state index in [9.17, 15) is 23.9 Å². The SMILES string of the molecule is C=Cc1ccc(N2C(=O)[C@H]3[C@H](CC=C4[C@H]3C[C@H]3C(=O)N(Nc5ccc(F)cc5)C(=O)[C@@]3(c3ccc(Cl)cc3)[C@H]4c3c(O)ccc4ccccc34)C2=O)cc1. The Balaban J connectivity index is 1.28. The maximum Gasteiger partial charge on any atom is 0.260 e. The van der Waals surface area contributed by atoms with Crippen molar-refractivity contribution in [2.24, 2.45) is 23.7 Å². The summed E-state index contributed by atoms with van der Waals surface area (Å²) < 4.78 is 13.9. The smallest absolute Gasteiger partial charge is 0.260 e. The molecule has 6 atom stereocenters. The summed E-state index contributed by atoms with van der Waals surface area (Å²) in [5, 5.41) is 14.8. The summed E-state index contributed by atoms with van der Waals surface area (Å²) >= 11 is 6.41. The van der Waals surface area contributed by atoms with Gasteiger partial charge in [-0.25, -0.2) is 4.39 Å². The third-order valence-corrected chi connectivity index (χ3v) is 12.1. The summed E-state index contributed by atoms with van der Waals surface area (Å²) in [4.78, 5) is 60.4. The highest BCUT2D eigenvalue weighted by Gasteiger charge is 2.71. The summed E-state index contributed by atoms with van der Waals surface area (Å²) in [5.74, 6) is -6.49. The highest BCUT2D eigenvalue weighted by atomic mass is 35.5. The van der Waals surface area contributed by atoms with Crippen LogP contribution < -0.4 is 10.3 Å². The number of fused-ring (bicyclic) bond motifs is 5. The number of nitrogens with zero attached hydrogens (tertiary/aromatic N) is 2. The van der Waals surface area contributed by atoms with Crippen molar-refractivity contribution in [3.8, 4) is 5.75 Å². The zero-order valence-electron chi connectivity index (χ0n) is 28.8. The maximum absolute atomic E-state index is 15.5. The molecule has 5 aromatic carbocycles. The van der Waals surface area contributed by atoms with Gasteiger partial charge in [0, 0.05) is 16.5 Å². The summed E-state index contributed by atoms with van der Waals surface area (Å²) in [6, 6.07) is 30.1. The number of rotatable bonds is 6. The van der Waals surface area contributed by atoms with Crippen molar-refractivity contribution in [2.75, 3.05) is 10.3 Å². The van der Waals surface area contributed by atoms with Crippen molar-refractivity contribution in [2.45, 2.75) is 24.2 Å². The number of nitrogens with one attached hydrogen (secondary N) is 1. The largest absolute Gasteiger partial charge is 0.508 e. The molecule has 10 heteroatoms. The monoisotopic (exact) mass is 737 g/mol. The maximum atomic E-state index is 15.5. The minimum Gasteiger partial charge on any atom is -0.508 e. The van der Waals surface area contributed by atoms with Crippen LogP contribution in [0.5, 0.6) is 5.75 Å². The molecular formula is C44H33ClFN3O5. The number of carbonyl (C=O) groups excluding carboxylic acids is 4. The second kappa shape index (κ2) is 12.5. The summed E-state index contributed by atoms with van der Waals surface area (Å²) in [5.41, 5.74) is 4.60. The Morgan fingerprint density at radius 3 is 2.28 bits per heavy atom. The number of imide groups is 2. The Bertz CT molecular complexity index is 2450. The van der Waals surface area contributed by atoms with Crippen LogP contribution in [0.2, 0.25) is 5.02 Å². The Morgan fingerprint density at radius 1 is 0.833 bits per heavy atom. The fraction of sp³-hybridized carbons (Fsp3) is 0.182. The molecule has 4 aliphatic rings. The van der Waals surface area contributed by atoms with Gasteiger partial charge in [0.05, 0.1) is 34.5 Å². The minimum atomic E-state index is -1.63. The van der Waals surface area contributed by atoms with E-state index in [-0.39, 0.29) is 30.4 Å². The number of hydrogen-bond donors (Lipinski definition) is 2. The molecule has 0 spiro atoms. The number of anilines is 2. The average Bonchev–Trinajstić information content (AvgIpc) is 3.57. The Kier molecular flexibility index (Phi) is 7.83.